The Morgan fingerprint density at radius 3 is 2.55 bits per heavy atom. The highest BCUT2D eigenvalue weighted by atomic mass is 16.1. The summed E-state index contributed by atoms with van der Waals surface area (Å²) in [4.78, 5) is 20.0. The molecule has 0 atom stereocenters. The van der Waals surface area contributed by atoms with E-state index in [-0.39, 0.29) is 5.91 Å². The number of nitrogens with zero attached hydrogens (tertiary/aromatic N) is 2. The Morgan fingerprint density at radius 2 is 1.84 bits per heavy atom. The Hall–Kier alpha value is -2.88. The molecule has 1 N–H and O–H groups in total. The van der Waals surface area contributed by atoms with Crippen molar-refractivity contribution in [3.63, 3.8) is 0 Å². The topological polar surface area (TPSA) is 45.2 Å². The second-order valence-corrected chi connectivity index (χ2v) is 8.95. The van der Waals surface area contributed by atoms with Crippen LogP contribution in [0.25, 0.3) is 10.9 Å². The maximum absolute atomic E-state index is 12.7. The smallest absolute Gasteiger partial charge is 0.255 e. The molecule has 31 heavy (non-hydrogen) atoms. The lowest BCUT2D eigenvalue weighted by Gasteiger charge is -2.31. The molecule has 0 radical (unpaired) electrons. The van der Waals surface area contributed by atoms with Gasteiger partial charge in [-0.1, -0.05) is 32.4 Å². The molecular formula is C27H33N3O. The fourth-order valence-corrected chi connectivity index (χ4v) is 4.26. The second-order valence-electron chi connectivity index (χ2n) is 8.95. The summed E-state index contributed by atoms with van der Waals surface area (Å²) in [6, 6.07) is 16.1. The number of benzene rings is 2. The van der Waals surface area contributed by atoms with Crippen LogP contribution in [0.2, 0.25) is 0 Å². The molecule has 2 heterocycles. The van der Waals surface area contributed by atoms with Gasteiger partial charge in [-0.15, -0.1) is 0 Å². The molecule has 0 saturated carbocycles. The summed E-state index contributed by atoms with van der Waals surface area (Å²) in [5.41, 5.74) is 4.94. The summed E-state index contributed by atoms with van der Waals surface area (Å²) in [5.74, 6) is 1.79. The van der Waals surface area contributed by atoms with Crippen LogP contribution in [0.3, 0.4) is 0 Å². The number of hydrogen-bond acceptors (Lipinski definition) is 3. The van der Waals surface area contributed by atoms with Gasteiger partial charge in [0.15, 0.2) is 0 Å². The lowest BCUT2D eigenvalue weighted by molar-refractivity contribution is 0.102. The van der Waals surface area contributed by atoms with Crippen LogP contribution in [0.15, 0.2) is 48.5 Å². The number of rotatable bonds is 6. The van der Waals surface area contributed by atoms with E-state index in [4.69, 9.17) is 4.98 Å². The maximum atomic E-state index is 12.7. The van der Waals surface area contributed by atoms with Crippen LogP contribution in [-0.4, -0.2) is 24.0 Å². The number of anilines is 2. The van der Waals surface area contributed by atoms with Crippen molar-refractivity contribution >= 4 is 28.3 Å². The average molecular weight is 416 g/mol. The monoisotopic (exact) mass is 415 g/mol. The van der Waals surface area contributed by atoms with Crippen molar-refractivity contribution in [2.24, 2.45) is 5.92 Å². The lowest BCUT2D eigenvalue weighted by atomic mass is 9.99. The number of hydrogen-bond donors (Lipinski definition) is 1. The van der Waals surface area contributed by atoms with Gasteiger partial charge in [0.2, 0.25) is 0 Å². The van der Waals surface area contributed by atoms with E-state index in [9.17, 15) is 4.79 Å². The minimum Gasteiger partial charge on any atom is -0.357 e. The molecule has 0 spiro atoms. The van der Waals surface area contributed by atoms with Gasteiger partial charge in [-0.25, -0.2) is 4.98 Å². The minimum absolute atomic E-state index is 0.0777. The Kier molecular flexibility index (Phi) is 6.55. The van der Waals surface area contributed by atoms with Crippen molar-refractivity contribution in [2.45, 2.75) is 52.9 Å². The van der Waals surface area contributed by atoms with E-state index in [1.807, 2.05) is 30.3 Å². The molecule has 4 rings (SSSR count). The van der Waals surface area contributed by atoms with Gasteiger partial charge in [0, 0.05) is 29.7 Å². The fraction of sp³-hybridized carbons (Fsp3) is 0.407. The quantitative estimate of drug-likeness (QED) is 0.508. The molecular weight excluding hydrogens is 382 g/mol. The van der Waals surface area contributed by atoms with Gasteiger partial charge in [-0.2, -0.15) is 0 Å². The number of aromatic nitrogens is 1. The van der Waals surface area contributed by atoms with E-state index in [0.717, 1.165) is 47.8 Å². The second kappa shape index (κ2) is 9.51. The number of carbonyl (C=O) groups excluding carboxylic acids is 1. The molecule has 1 aliphatic heterocycles. The van der Waals surface area contributed by atoms with Gasteiger partial charge in [-0.05, 0) is 86.1 Å². The number of unbranched alkanes of at least 4 members (excludes halogenated alkanes) is 1. The summed E-state index contributed by atoms with van der Waals surface area (Å²) in [7, 11) is 0. The van der Waals surface area contributed by atoms with Gasteiger partial charge < -0.3 is 10.2 Å². The van der Waals surface area contributed by atoms with Crippen molar-refractivity contribution in [2.75, 3.05) is 23.3 Å². The van der Waals surface area contributed by atoms with Crippen LogP contribution in [-0.2, 0) is 6.42 Å². The lowest BCUT2D eigenvalue weighted by Crippen LogP contribution is -2.33. The number of amides is 1. The van der Waals surface area contributed by atoms with Crippen molar-refractivity contribution in [3.05, 3.63) is 65.2 Å². The first kappa shape index (κ1) is 21.4. The number of pyridine rings is 1. The molecule has 0 bridgehead atoms. The summed E-state index contributed by atoms with van der Waals surface area (Å²) < 4.78 is 0. The predicted molar refractivity (Wildman–Crippen MR) is 130 cm³/mol. The first-order chi connectivity index (χ1) is 15.0. The zero-order valence-electron chi connectivity index (χ0n) is 18.9. The molecule has 4 heteroatoms. The van der Waals surface area contributed by atoms with Crippen molar-refractivity contribution < 1.29 is 4.79 Å². The van der Waals surface area contributed by atoms with Crippen molar-refractivity contribution in [1.29, 1.82) is 0 Å². The van der Waals surface area contributed by atoms with Gasteiger partial charge in [-0.3, -0.25) is 4.79 Å². The molecule has 3 aromatic rings. The molecule has 0 aliphatic carbocycles. The Morgan fingerprint density at radius 1 is 1.10 bits per heavy atom. The normalized spacial score (nSPS) is 14.7. The van der Waals surface area contributed by atoms with E-state index in [0.29, 0.717) is 5.56 Å². The minimum atomic E-state index is -0.0777. The predicted octanol–water partition coefficient (Wildman–Crippen LogP) is 6.37. The van der Waals surface area contributed by atoms with Crippen LogP contribution in [0.5, 0.6) is 0 Å². The third-order valence-electron chi connectivity index (χ3n) is 6.40. The van der Waals surface area contributed by atoms with Crippen LogP contribution in [0.4, 0.5) is 11.5 Å². The first-order valence-electron chi connectivity index (χ1n) is 11.6. The molecule has 0 unspecified atom stereocenters. The molecule has 4 nitrogen and oxygen atoms in total. The standard InChI is InChI=1S/C27H33N3O/c1-4-5-6-21-7-9-22(10-8-21)27(31)28-23-11-12-25-24(18-23)20(3)17-26(29-25)30-15-13-19(2)14-16-30/h7-12,17-19H,4-6,13-16H2,1-3H3,(H,28,31). The fourth-order valence-electron chi connectivity index (χ4n) is 4.26. The molecule has 2 aromatic carbocycles. The van der Waals surface area contributed by atoms with Gasteiger partial charge in [0.25, 0.3) is 5.91 Å². The average Bonchev–Trinajstić information content (AvgIpc) is 2.79. The molecule has 1 amide bonds. The summed E-state index contributed by atoms with van der Waals surface area (Å²) in [5, 5.41) is 4.13. The van der Waals surface area contributed by atoms with Crippen LogP contribution in [0.1, 0.15) is 61.0 Å². The number of piperidine rings is 1. The van der Waals surface area contributed by atoms with E-state index >= 15 is 0 Å². The van der Waals surface area contributed by atoms with Gasteiger partial charge >= 0.3 is 0 Å². The highest BCUT2D eigenvalue weighted by Crippen LogP contribution is 2.28. The molecule has 162 valence electrons. The maximum Gasteiger partial charge on any atom is 0.255 e. The Balaban J connectivity index is 1.49. The third kappa shape index (κ3) is 5.07. The molecule has 1 saturated heterocycles. The number of nitrogens with one attached hydrogen (secondary N) is 1. The highest BCUT2D eigenvalue weighted by molar-refractivity contribution is 6.05. The van der Waals surface area contributed by atoms with Crippen LogP contribution >= 0.6 is 0 Å². The van der Waals surface area contributed by atoms with Crippen LogP contribution < -0.4 is 10.2 Å². The summed E-state index contributed by atoms with van der Waals surface area (Å²) in [6.45, 7) is 8.79. The number of aryl methyl sites for hydroxylation is 2. The zero-order chi connectivity index (χ0) is 21.8. The van der Waals surface area contributed by atoms with E-state index < -0.39 is 0 Å². The van der Waals surface area contributed by atoms with E-state index in [2.05, 4.69) is 49.2 Å². The van der Waals surface area contributed by atoms with Crippen LogP contribution in [0, 0.1) is 12.8 Å². The van der Waals surface area contributed by atoms with E-state index in [1.54, 1.807) is 0 Å². The first-order valence-corrected chi connectivity index (χ1v) is 11.6. The Labute approximate surface area is 185 Å². The zero-order valence-corrected chi connectivity index (χ0v) is 18.9. The molecule has 1 fully saturated rings. The highest BCUT2D eigenvalue weighted by Gasteiger charge is 2.18. The Bertz CT molecular complexity index is 1050. The number of carbonyl (C=O) groups is 1. The largest absolute Gasteiger partial charge is 0.357 e. The summed E-state index contributed by atoms with van der Waals surface area (Å²) >= 11 is 0. The van der Waals surface area contributed by atoms with Crippen molar-refractivity contribution in [3.8, 4) is 0 Å². The van der Waals surface area contributed by atoms with Crippen molar-refractivity contribution in [1.82, 2.24) is 4.98 Å². The van der Waals surface area contributed by atoms with Gasteiger partial charge in [0.1, 0.15) is 5.82 Å². The molecule has 1 aromatic heterocycles. The summed E-state index contributed by atoms with van der Waals surface area (Å²) in [6.07, 6.45) is 5.87. The molecule has 1 aliphatic rings. The SMILES string of the molecule is CCCCc1ccc(C(=O)Nc2ccc3nc(N4CCC(C)CC4)cc(C)c3c2)cc1. The van der Waals surface area contributed by atoms with Gasteiger partial charge in [0.05, 0.1) is 5.52 Å². The van der Waals surface area contributed by atoms with E-state index in [1.165, 1.54) is 36.8 Å². The number of fused-ring (bicyclic) bond motifs is 1. The third-order valence-corrected chi connectivity index (χ3v) is 6.40.